The molecular formula is C11H16N2O2S2. The fraction of sp³-hybridized carbons (Fsp3) is 0.636. The highest BCUT2D eigenvalue weighted by Crippen LogP contribution is 2.23. The van der Waals surface area contributed by atoms with Crippen LogP contribution in [0.1, 0.15) is 23.8 Å². The van der Waals surface area contributed by atoms with Crippen LogP contribution >= 0.6 is 23.1 Å². The maximum absolute atomic E-state index is 11.5. The maximum Gasteiger partial charge on any atom is 0.357 e. The number of hydrogen-bond acceptors (Lipinski definition) is 6. The summed E-state index contributed by atoms with van der Waals surface area (Å²) in [4.78, 5) is 18.1. The summed E-state index contributed by atoms with van der Waals surface area (Å²) in [5.74, 6) is 2.03. The summed E-state index contributed by atoms with van der Waals surface area (Å²) in [5.41, 5.74) is 0.434. The van der Waals surface area contributed by atoms with E-state index in [1.165, 1.54) is 23.5 Å². The quantitative estimate of drug-likeness (QED) is 0.790. The van der Waals surface area contributed by atoms with Crippen molar-refractivity contribution in [2.45, 2.75) is 13.3 Å². The Morgan fingerprint density at radius 2 is 2.41 bits per heavy atom. The number of hydrogen-bond donors (Lipinski definition) is 0. The van der Waals surface area contributed by atoms with Gasteiger partial charge in [-0.3, -0.25) is 0 Å². The third-order valence-electron chi connectivity index (χ3n) is 2.47. The highest BCUT2D eigenvalue weighted by Gasteiger charge is 2.16. The van der Waals surface area contributed by atoms with E-state index < -0.39 is 0 Å². The minimum Gasteiger partial charge on any atom is -0.461 e. The van der Waals surface area contributed by atoms with E-state index in [1.54, 1.807) is 12.3 Å². The van der Waals surface area contributed by atoms with Crippen molar-refractivity contribution in [2.75, 3.05) is 36.1 Å². The van der Waals surface area contributed by atoms with Gasteiger partial charge < -0.3 is 9.64 Å². The molecule has 1 aromatic rings. The van der Waals surface area contributed by atoms with Crippen molar-refractivity contribution in [3.8, 4) is 0 Å². The van der Waals surface area contributed by atoms with Crippen LogP contribution in [0.15, 0.2) is 5.38 Å². The number of rotatable bonds is 3. The molecule has 0 aliphatic carbocycles. The molecule has 1 aromatic heterocycles. The highest BCUT2D eigenvalue weighted by atomic mass is 32.2. The molecule has 0 atom stereocenters. The first-order chi connectivity index (χ1) is 8.31. The molecule has 94 valence electrons. The van der Waals surface area contributed by atoms with Gasteiger partial charge in [0.1, 0.15) is 0 Å². The molecule has 1 saturated heterocycles. The summed E-state index contributed by atoms with van der Waals surface area (Å²) >= 11 is 3.50. The summed E-state index contributed by atoms with van der Waals surface area (Å²) in [7, 11) is 0. The van der Waals surface area contributed by atoms with Crippen molar-refractivity contribution in [3.05, 3.63) is 11.1 Å². The lowest BCUT2D eigenvalue weighted by molar-refractivity contribution is 0.0520. The molecule has 0 spiro atoms. The van der Waals surface area contributed by atoms with E-state index in [9.17, 15) is 4.79 Å². The van der Waals surface area contributed by atoms with Gasteiger partial charge in [-0.05, 0) is 19.1 Å². The molecule has 0 saturated carbocycles. The zero-order valence-corrected chi connectivity index (χ0v) is 11.5. The van der Waals surface area contributed by atoms with E-state index >= 15 is 0 Å². The molecule has 0 radical (unpaired) electrons. The lowest BCUT2D eigenvalue weighted by Crippen LogP contribution is -2.25. The van der Waals surface area contributed by atoms with Gasteiger partial charge in [-0.1, -0.05) is 0 Å². The van der Waals surface area contributed by atoms with Crippen LogP contribution in [0.2, 0.25) is 0 Å². The van der Waals surface area contributed by atoms with Gasteiger partial charge in [-0.15, -0.1) is 11.3 Å². The first kappa shape index (κ1) is 12.7. The standard InChI is InChI=1S/C11H16N2O2S2/c1-2-15-10(14)9-8-17-11(12-9)13-4-3-6-16-7-5-13/h8H,2-7H2,1H3. The molecule has 2 rings (SSSR count). The van der Waals surface area contributed by atoms with Gasteiger partial charge in [0.2, 0.25) is 0 Å². The van der Waals surface area contributed by atoms with Crippen LogP contribution in [0.3, 0.4) is 0 Å². The van der Waals surface area contributed by atoms with Crippen LogP contribution in [0.25, 0.3) is 0 Å². The van der Waals surface area contributed by atoms with Gasteiger partial charge >= 0.3 is 5.97 Å². The van der Waals surface area contributed by atoms with E-state index in [0.29, 0.717) is 12.3 Å². The lowest BCUT2D eigenvalue weighted by Gasteiger charge is -2.18. The predicted octanol–water partition coefficient (Wildman–Crippen LogP) is 2.26. The fourth-order valence-electron chi connectivity index (χ4n) is 1.65. The number of anilines is 1. The molecule has 0 unspecified atom stereocenters. The van der Waals surface area contributed by atoms with Crippen LogP contribution in [-0.2, 0) is 4.74 Å². The summed E-state index contributed by atoms with van der Waals surface area (Å²) < 4.78 is 4.94. The average Bonchev–Trinajstić information content (AvgIpc) is 2.66. The van der Waals surface area contributed by atoms with Crippen molar-refractivity contribution in [1.82, 2.24) is 4.98 Å². The van der Waals surface area contributed by atoms with Crippen LogP contribution < -0.4 is 4.90 Å². The fourth-order valence-corrected chi connectivity index (χ4v) is 3.38. The topological polar surface area (TPSA) is 42.4 Å². The van der Waals surface area contributed by atoms with Gasteiger partial charge in [-0.2, -0.15) is 11.8 Å². The average molecular weight is 272 g/mol. The van der Waals surface area contributed by atoms with Crippen molar-refractivity contribution in [2.24, 2.45) is 0 Å². The molecule has 17 heavy (non-hydrogen) atoms. The molecule has 0 aromatic carbocycles. The third-order valence-corrected chi connectivity index (χ3v) is 4.42. The van der Waals surface area contributed by atoms with Gasteiger partial charge in [0, 0.05) is 24.2 Å². The van der Waals surface area contributed by atoms with E-state index in [-0.39, 0.29) is 5.97 Å². The SMILES string of the molecule is CCOC(=O)c1csc(N2CCCSCC2)n1. The van der Waals surface area contributed by atoms with Gasteiger partial charge in [0.25, 0.3) is 0 Å². The monoisotopic (exact) mass is 272 g/mol. The second kappa shape index (κ2) is 6.26. The number of aromatic nitrogens is 1. The molecule has 6 heteroatoms. The van der Waals surface area contributed by atoms with Gasteiger partial charge in [0.15, 0.2) is 10.8 Å². The van der Waals surface area contributed by atoms with E-state index in [2.05, 4.69) is 9.88 Å². The Bertz CT molecular complexity index is 373. The highest BCUT2D eigenvalue weighted by molar-refractivity contribution is 7.99. The second-order valence-corrected chi connectivity index (χ2v) is 5.75. The zero-order valence-electron chi connectivity index (χ0n) is 9.85. The van der Waals surface area contributed by atoms with Crippen molar-refractivity contribution in [3.63, 3.8) is 0 Å². The van der Waals surface area contributed by atoms with Gasteiger partial charge in [0.05, 0.1) is 6.61 Å². The van der Waals surface area contributed by atoms with E-state index in [4.69, 9.17) is 4.74 Å². The zero-order chi connectivity index (χ0) is 12.1. The number of esters is 1. The lowest BCUT2D eigenvalue weighted by atomic mass is 10.4. The van der Waals surface area contributed by atoms with Crippen molar-refractivity contribution < 1.29 is 9.53 Å². The molecule has 4 nitrogen and oxygen atoms in total. The number of thioether (sulfide) groups is 1. The summed E-state index contributed by atoms with van der Waals surface area (Å²) in [6, 6.07) is 0. The minimum absolute atomic E-state index is 0.320. The Labute approximate surface area is 109 Å². The first-order valence-electron chi connectivity index (χ1n) is 5.76. The van der Waals surface area contributed by atoms with Gasteiger partial charge in [-0.25, -0.2) is 9.78 Å². The Morgan fingerprint density at radius 3 is 3.24 bits per heavy atom. The van der Waals surface area contributed by atoms with Crippen LogP contribution in [0.4, 0.5) is 5.13 Å². The van der Waals surface area contributed by atoms with Crippen LogP contribution in [0, 0.1) is 0 Å². The third kappa shape index (κ3) is 3.35. The summed E-state index contributed by atoms with van der Waals surface area (Å²) in [6.07, 6.45) is 1.18. The predicted molar refractivity (Wildman–Crippen MR) is 72.2 cm³/mol. The second-order valence-electron chi connectivity index (χ2n) is 3.69. The molecule has 1 aliphatic heterocycles. The first-order valence-corrected chi connectivity index (χ1v) is 7.80. The summed E-state index contributed by atoms with van der Waals surface area (Å²) in [5, 5.41) is 2.72. The molecule has 0 N–H and O–H groups in total. The number of ether oxygens (including phenoxy) is 1. The van der Waals surface area contributed by atoms with Crippen molar-refractivity contribution >= 4 is 34.2 Å². The van der Waals surface area contributed by atoms with Crippen LogP contribution in [-0.4, -0.2) is 42.2 Å². The smallest absolute Gasteiger partial charge is 0.357 e. The Hall–Kier alpha value is -0.750. The molecule has 2 heterocycles. The minimum atomic E-state index is -0.320. The summed E-state index contributed by atoms with van der Waals surface area (Å²) in [6.45, 7) is 4.24. The molecule has 0 bridgehead atoms. The Morgan fingerprint density at radius 1 is 1.53 bits per heavy atom. The van der Waals surface area contributed by atoms with Crippen molar-refractivity contribution in [1.29, 1.82) is 0 Å². The van der Waals surface area contributed by atoms with E-state index in [1.807, 2.05) is 11.8 Å². The normalized spacial score (nSPS) is 16.6. The number of carbonyl (C=O) groups is 1. The molecule has 1 fully saturated rings. The number of nitrogens with zero attached hydrogens (tertiary/aromatic N) is 2. The van der Waals surface area contributed by atoms with Crippen LogP contribution in [0.5, 0.6) is 0 Å². The molecule has 0 amide bonds. The molecule has 1 aliphatic rings. The Kier molecular flexibility index (Phi) is 4.67. The van der Waals surface area contributed by atoms with E-state index in [0.717, 1.165) is 24.0 Å². The largest absolute Gasteiger partial charge is 0.461 e. The number of thiazole rings is 1. The molecular weight excluding hydrogens is 256 g/mol. The Balaban J connectivity index is 2.03. The number of carbonyl (C=O) groups excluding carboxylic acids is 1. The maximum atomic E-state index is 11.5.